The maximum atomic E-state index is 12.1. The van der Waals surface area contributed by atoms with Gasteiger partial charge in [0, 0.05) is 11.5 Å². The highest BCUT2D eigenvalue weighted by molar-refractivity contribution is 5.81. The lowest BCUT2D eigenvalue weighted by Gasteiger charge is -2.49. The Bertz CT molecular complexity index is 481. The van der Waals surface area contributed by atoms with E-state index in [2.05, 4.69) is 5.32 Å². The maximum absolute atomic E-state index is 12.1. The van der Waals surface area contributed by atoms with E-state index >= 15 is 0 Å². The maximum Gasteiger partial charge on any atom is 0.261 e. The van der Waals surface area contributed by atoms with Crippen LogP contribution in [0.2, 0.25) is 0 Å². The molecule has 0 radical (unpaired) electrons. The van der Waals surface area contributed by atoms with Crippen LogP contribution in [0.4, 0.5) is 0 Å². The highest BCUT2D eigenvalue weighted by Gasteiger charge is 2.48. The largest absolute Gasteiger partial charge is 0.481 e. The molecule has 1 aromatic rings. The summed E-state index contributed by atoms with van der Waals surface area (Å²) < 4.78 is 5.62. The first kappa shape index (κ1) is 14.9. The van der Waals surface area contributed by atoms with Gasteiger partial charge in [0.1, 0.15) is 5.75 Å². The summed E-state index contributed by atoms with van der Waals surface area (Å²) in [6.07, 6.45) is -0.289. The van der Waals surface area contributed by atoms with Crippen LogP contribution < -0.4 is 10.1 Å². The minimum Gasteiger partial charge on any atom is -0.481 e. The van der Waals surface area contributed by atoms with E-state index in [1.54, 1.807) is 6.92 Å². The molecule has 0 heterocycles. The van der Waals surface area contributed by atoms with Gasteiger partial charge < -0.3 is 15.2 Å². The Morgan fingerprint density at radius 2 is 2.00 bits per heavy atom. The molecule has 4 nitrogen and oxygen atoms in total. The lowest BCUT2D eigenvalue weighted by Crippen LogP contribution is -2.62. The first-order chi connectivity index (χ1) is 9.30. The number of rotatable bonds is 4. The van der Waals surface area contributed by atoms with Crippen LogP contribution in [0.3, 0.4) is 0 Å². The number of hydrogen-bond donors (Lipinski definition) is 2. The molecule has 1 aliphatic rings. The summed E-state index contributed by atoms with van der Waals surface area (Å²) in [4.78, 5) is 12.1. The topological polar surface area (TPSA) is 58.6 Å². The van der Waals surface area contributed by atoms with Gasteiger partial charge in [0.15, 0.2) is 6.10 Å². The van der Waals surface area contributed by atoms with Crippen molar-refractivity contribution in [3.8, 4) is 5.75 Å². The zero-order valence-electron chi connectivity index (χ0n) is 12.5. The lowest BCUT2D eigenvalue weighted by atomic mass is 9.64. The standard InChI is InChI=1S/C16H23NO3/c1-10-5-7-12(8-6-10)20-11(2)15(19)17-13-9-14(18)16(13,3)4/h5-8,11,13-14,18H,9H2,1-4H3,(H,17,19). The molecule has 0 bridgehead atoms. The van der Waals surface area contributed by atoms with Gasteiger partial charge in [-0.1, -0.05) is 31.5 Å². The molecular weight excluding hydrogens is 254 g/mol. The van der Waals surface area contributed by atoms with E-state index in [1.165, 1.54) is 0 Å². The highest BCUT2D eigenvalue weighted by Crippen LogP contribution is 2.40. The van der Waals surface area contributed by atoms with E-state index < -0.39 is 6.10 Å². The molecule has 0 aliphatic heterocycles. The molecule has 2 rings (SSSR count). The van der Waals surface area contributed by atoms with Crippen LogP contribution in [0.1, 0.15) is 32.8 Å². The average molecular weight is 277 g/mol. The van der Waals surface area contributed by atoms with Gasteiger partial charge in [0.05, 0.1) is 6.10 Å². The third-order valence-electron chi connectivity index (χ3n) is 4.24. The van der Waals surface area contributed by atoms with Gasteiger partial charge in [-0.15, -0.1) is 0 Å². The molecule has 3 atom stereocenters. The molecule has 1 aromatic carbocycles. The van der Waals surface area contributed by atoms with E-state index in [1.807, 2.05) is 45.0 Å². The highest BCUT2D eigenvalue weighted by atomic mass is 16.5. The molecule has 3 unspecified atom stereocenters. The van der Waals surface area contributed by atoms with E-state index in [9.17, 15) is 9.90 Å². The number of aliphatic hydroxyl groups is 1. The molecule has 110 valence electrons. The Morgan fingerprint density at radius 3 is 2.50 bits per heavy atom. The van der Waals surface area contributed by atoms with Gasteiger partial charge in [-0.25, -0.2) is 0 Å². The molecular formula is C16H23NO3. The molecule has 0 aromatic heterocycles. The third kappa shape index (κ3) is 2.96. The van der Waals surface area contributed by atoms with Crippen LogP contribution in [0.25, 0.3) is 0 Å². The Hall–Kier alpha value is -1.55. The monoisotopic (exact) mass is 277 g/mol. The van der Waals surface area contributed by atoms with Crippen LogP contribution in [-0.2, 0) is 4.79 Å². The Kier molecular flexibility index (Phi) is 4.04. The Labute approximate surface area is 120 Å². The average Bonchev–Trinajstić information content (AvgIpc) is 2.40. The third-order valence-corrected chi connectivity index (χ3v) is 4.24. The summed E-state index contributed by atoms with van der Waals surface area (Å²) >= 11 is 0. The van der Waals surface area contributed by atoms with Gasteiger partial charge in [-0.2, -0.15) is 0 Å². The number of amides is 1. The summed E-state index contributed by atoms with van der Waals surface area (Å²) in [6.45, 7) is 7.65. The smallest absolute Gasteiger partial charge is 0.261 e. The minimum atomic E-state index is -0.550. The van der Waals surface area contributed by atoms with Crippen molar-refractivity contribution in [2.45, 2.75) is 52.4 Å². The zero-order valence-corrected chi connectivity index (χ0v) is 12.5. The van der Waals surface area contributed by atoms with Crippen molar-refractivity contribution in [2.24, 2.45) is 5.41 Å². The summed E-state index contributed by atoms with van der Waals surface area (Å²) in [7, 11) is 0. The van der Waals surface area contributed by atoms with Crippen LogP contribution >= 0.6 is 0 Å². The van der Waals surface area contributed by atoms with Crippen molar-refractivity contribution in [1.29, 1.82) is 0 Å². The van der Waals surface area contributed by atoms with Crippen molar-refractivity contribution >= 4 is 5.91 Å². The van der Waals surface area contributed by atoms with Crippen LogP contribution in [-0.4, -0.2) is 29.3 Å². The van der Waals surface area contributed by atoms with Crippen molar-refractivity contribution in [3.63, 3.8) is 0 Å². The summed E-state index contributed by atoms with van der Waals surface area (Å²) in [5, 5.41) is 12.6. The number of benzene rings is 1. The Balaban J connectivity index is 1.88. The number of aryl methyl sites for hydroxylation is 1. The van der Waals surface area contributed by atoms with Crippen LogP contribution in [0.5, 0.6) is 5.75 Å². The predicted octanol–water partition coefficient (Wildman–Crippen LogP) is 2.04. The van der Waals surface area contributed by atoms with Gasteiger partial charge in [-0.3, -0.25) is 4.79 Å². The molecule has 4 heteroatoms. The lowest BCUT2D eigenvalue weighted by molar-refractivity contribution is -0.135. The van der Waals surface area contributed by atoms with Gasteiger partial charge >= 0.3 is 0 Å². The number of hydrogen-bond acceptors (Lipinski definition) is 3. The SMILES string of the molecule is Cc1ccc(OC(C)C(=O)NC2CC(O)C2(C)C)cc1. The van der Waals surface area contributed by atoms with Crippen molar-refractivity contribution in [3.05, 3.63) is 29.8 Å². The molecule has 1 aliphatic carbocycles. The minimum absolute atomic E-state index is 0.00840. The van der Waals surface area contributed by atoms with Crippen molar-refractivity contribution in [1.82, 2.24) is 5.32 Å². The molecule has 2 N–H and O–H groups in total. The number of nitrogens with one attached hydrogen (secondary N) is 1. The number of carbonyl (C=O) groups is 1. The Morgan fingerprint density at radius 1 is 1.40 bits per heavy atom. The fourth-order valence-corrected chi connectivity index (χ4v) is 2.31. The second-order valence-corrected chi connectivity index (χ2v) is 6.21. The predicted molar refractivity (Wildman–Crippen MR) is 77.6 cm³/mol. The first-order valence-corrected chi connectivity index (χ1v) is 7.02. The van der Waals surface area contributed by atoms with Crippen molar-refractivity contribution in [2.75, 3.05) is 0 Å². The molecule has 20 heavy (non-hydrogen) atoms. The quantitative estimate of drug-likeness (QED) is 0.885. The van der Waals surface area contributed by atoms with Crippen LogP contribution in [0.15, 0.2) is 24.3 Å². The van der Waals surface area contributed by atoms with Crippen LogP contribution in [0, 0.1) is 12.3 Å². The normalized spacial score (nSPS) is 25.4. The molecule has 0 spiro atoms. The zero-order chi connectivity index (χ0) is 14.9. The second kappa shape index (κ2) is 5.44. The fraction of sp³-hybridized carbons (Fsp3) is 0.562. The van der Waals surface area contributed by atoms with Crippen molar-refractivity contribution < 1.29 is 14.6 Å². The molecule has 1 fully saturated rings. The molecule has 0 saturated heterocycles. The number of ether oxygens (including phenoxy) is 1. The summed E-state index contributed by atoms with van der Waals surface area (Å²) in [5.41, 5.74) is 0.888. The van der Waals surface area contributed by atoms with Gasteiger partial charge in [-0.05, 0) is 32.4 Å². The fourth-order valence-electron chi connectivity index (χ4n) is 2.31. The van der Waals surface area contributed by atoms with Gasteiger partial charge in [0.2, 0.25) is 0 Å². The van der Waals surface area contributed by atoms with E-state index in [0.29, 0.717) is 12.2 Å². The van der Waals surface area contributed by atoms with E-state index in [4.69, 9.17) is 4.74 Å². The number of carbonyl (C=O) groups excluding carboxylic acids is 1. The van der Waals surface area contributed by atoms with E-state index in [0.717, 1.165) is 5.56 Å². The number of aliphatic hydroxyl groups excluding tert-OH is 1. The second-order valence-electron chi connectivity index (χ2n) is 6.21. The molecule has 1 saturated carbocycles. The first-order valence-electron chi connectivity index (χ1n) is 7.02. The van der Waals surface area contributed by atoms with E-state index in [-0.39, 0.29) is 23.5 Å². The summed E-state index contributed by atoms with van der Waals surface area (Å²) in [6, 6.07) is 7.62. The van der Waals surface area contributed by atoms with Gasteiger partial charge in [0.25, 0.3) is 5.91 Å². The molecule has 1 amide bonds. The summed E-state index contributed by atoms with van der Waals surface area (Å²) in [5.74, 6) is 0.543.